The highest BCUT2D eigenvalue weighted by Crippen LogP contribution is 2.19. The van der Waals surface area contributed by atoms with E-state index in [4.69, 9.17) is 5.73 Å². The van der Waals surface area contributed by atoms with E-state index in [0.29, 0.717) is 13.1 Å². The lowest BCUT2D eigenvalue weighted by atomic mass is 10.3. The molecule has 1 amide bonds. The zero-order valence-electron chi connectivity index (χ0n) is 14.2. The summed E-state index contributed by atoms with van der Waals surface area (Å²) in [6, 6.07) is 3.34. The molecule has 134 valence electrons. The third kappa shape index (κ3) is 4.22. The number of rotatable bonds is 7. The molecule has 8 nitrogen and oxygen atoms in total. The van der Waals surface area contributed by atoms with Crippen LogP contribution in [-0.4, -0.2) is 74.3 Å². The largest absolute Gasteiger partial charge is 0.369 e. The first-order valence-electron chi connectivity index (χ1n) is 8.10. The summed E-state index contributed by atoms with van der Waals surface area (Å²) >= 11 is 0. The Morgan fingerprint density at radius 3 is 2.29 bits per heavy atom. The molecule has 1 fully saturated rings. The van der Waals surface area contributed by atoms with E-state index >= 15 is 0 Å². The summed E-state index contributed by atoms with van der Waals surface area (Å²) in [7, 11) is -3.48. The Hall–Kier alpha value is -1.71. The van der Waals surface area contributed by atoms with Crippen LogP contribution in [-0.2, 0) is 14.8 Å². The lowest BCUT2D eigenvalue weighted by molar-refractivity contribution is -0.119. The number of amides is 1. The Labute approximate surface area is 143 Å². The second kappa shape index (κ2) is 7.91. The molecule has 1 aliphatic rings. The zero-order valence-corrected chi connectivity index (χ0v) is 15.0. The fourth-order valence-electron chi connectivity index (χ4n) is 2.78. The third-order valence-corrected chi connectivity index (χ3v) is 6.17. The molecule has 0 saturated carbocycles. The van der Waals surface area contributed by atoms with Crippen LogP contribution in [0, 0.1) is 0 Å². The predicted molar refractivity (Wildman–Crippen MR) is 92.2 cm³/mol. The second-order valence-electron chi connectivity index (χ2n) is 5.67. The molecule has 2 rings (SSSR count). The Balaban J connectivity index is 2.04. The van der Waals surface area contributed by atoms with E-state index in [-0.39, 0.29) is 17.3 Å². The van der Waals surface area contributed by atoms with E-state index in [9.17, 15) is 13.2 Å². The second-order valence-corrected chi connectivity index (χ2v) is 7.61. The van der Waals surface area contributed by atoms with Crippen LogP contribution in [0.3, 0.4) is 0 Å². The van der Waals surface area contributed by atoms with Crippen molar-refractivity contribution in [2.45, 2.75) is 18.7 Å². The zero-order chi connectivity index (χ0) is 17.7. The molecule has 1 aromatic rings. The van der Waals surface area contributed by atoms with Crippen LogP contribution >= 0.6 is 0 Å². The lowest BCUT2D eigenvalue weighted by Gasteiger charge is -2.34. The first kappa shape index (κ1) is 18.6. The first-order chi connectivity index (χ1) is 11.4. The van der Waals surface area contributed by atoms with Gasteiger partial charge in [-0.05, 0) is 12.1 Å². The van der Waals surface area contributed by atoms with Crippen molar-refractivity contribution in [1.29, 1.82) is 0 Å². The monoisotopic (exact) mass is 355 g/mol. The molecule has 0 aliphatic carbocycles. The average molecular weight is 355 g/mol. The fourth-order valence-corrected chi connectivity index (χ4v) is 4.18. The molecule has 0 spiro atoms. The maximum Gasteiger partial charge on any atom is 0.244 e. The molecule has 2 N–H and O–H groups in total. The average Bonchev–Trinajstić information content (AvgIpc) is 2.56. The minimum Gasteiger partial charge on any atom is -0.369 e. The van der Waals surface area contributed by atoms with Crippen LogP contribution < -0.4 is 10.6 Å². The smallest absolute Gasteiger partial charge is 0.244 e. The Morgan fingerprint density at radius 1 is 1.21 bits per heavy atom. The fraction of sp³-hybridized carbons (Fsp3) is 0.600. The number of hydrogen-bond acceptors (Lipinski definition) is 6. The summed E-state index contributed by atoms with van der Waals surface area (Å²) in [6.07, 6.45) is 1.42. The van der Waals surface area contributed by atoms with E-state index in [1.165, 1.54) is 10.5 Å². The number of nitrogens with two attached hydrogens (primary N) is 1. The Kier molecular flexibility index (Phi) is 6.14. The standard InChI is InChI=1S/C15H25N5O3S/c1-3-20(4-2)24(22,23)13-5-6-15(17-11-13)19-9-7-18(8-10-19)12-14(16)21/h5-6,11H,3-4,7-10,12H2,1-2H3,(H2,16,21). The van der Waals surface area contributed by atoms with Crippen molar-refractivity contribution in [3.63, 3.8) is 0 Å². The number of nitrogens with zero attached hydrogens (tertiary/aromatic N) is 4. The quantitative estimate of drug-likeness (QED) is 0.722. The number of carbonyl (C=O) groups excluding carboxylic acids is 1. The maximum atomic E-state index is 12.4. The minimum absolute atomic E-state index is 0.210. The van der Waals surface area contributed by atoms with Crippen LogP contribution in [0.1, 0.15) is 13.8 Å². The summed E-state index contributed by atoms with van der Waals surface area (Å²) < 4.78 is 26.3. The van der Waals surface area contributed by atoms with Gasteiger partial charge in [0.2, 0.25) is 15.9 Å². The number of pyridine rings is 1. The van der Waals surface area contributed by atoms with Crippen molar-refractivity contribution in [3.8, 4) is 0 Å². The van der Waals surface area contributed by atoms with Gasteiger partial charge < -0.3 is 10.6 Å². The van der Waals surface area contributed by atoms with Crippen LogP contribution in [0.25, 0.3) is 0 Å². The molecule has 9 heteroatoms. The van der Waals surface area contributed by atoms with Gasteiger partial charge in [0.15, 0.2) is 0 Å². The summed E-state index contributed by atoms with van der Waals surface area (Å²) in [5.74, 6) is 0.416. The van der Waals surface area contributed by atoms with E-state index in [0.717, 1.165) is 32.0 Å². The third-order valence-electron chi connectivity index (χ3n) is 4.14. The molecule has 2 heterocycles. The number of aromatic nitrogens is 1. The summed E-state index contributed by atoms with van der Waals surface area (Å²) in [5, 5.41) is 0. The minimum atomic E-state index is -3.48. The molecular weight excluding hydrogens is 330 g/mol. The van der Waals surface area contributed by atoms with Crippen molar-refractivity contribution >= 4 is 21.7 Å². The summed E-state index contributed by atoms with van der Waals surface area (Å²) in [5.41, 5.74) is 5.21. The van der Waals surface area contributed by atoms with Crippen molar-refractivity contribution in [3.05, 3.63) is 18.3 Å². The van der Waals surface area contributed by atoms with E-state index in [2.05, 4.69) is 9.88 Å². The van der Waals surface area contributed by atoms with Gasteiger partial charge in [-0.15, -0.1) is 0 Å². The summed E-state index contributed by atoms with van der Waals surface area (Å²) in [4.78, 5) is 19.5. The van der Waals surface area contributed by atoms with Gasteiger partial charge in [0.1, 0.15) is 10.7 Å². The van der Waals surface area contributed by atoms with Crippen LogP contribution in [0.15, 0.2) is 23.2 Å². The lowest BCUT2D eigenvalue weighted by Crippen LogP contribution is -2.49. The molecule has 1 aromatic heterocycles. The normalized spacial score (nSPS) is 16.5. The van der Waals surface area contributed by atoms with Crippen LogP contribution in [0.4, 0.5) is 5.82 Å². The topological polar surface area (TPSA) is 99.8 Å². The predicted octanol–water partition coefficient (Wildman–Crippen LogP) is -0.281. The molecule has 0 bridgehead atoms. The van der Waals surface area contributed by atoms with Gasteiger partial charge in [-0.2, -0.15) is 4.31 Å². The first-order valence-corrected chi connectivity index (χ1v) is 9.54. The highest BCUT2D eigenvalue weighted by atomic mass is 32.2. The number of hydrogen-bond donors (Lipinski definition) is 1. The molecule has 1 saturated heterocycles. The van der Waals surface area contributed by atoms with Gasteiger partial charge >= 0.3 is 0 Å². The number of anilines is 1. The van der Waals surface area contributed by atoms with Crippen molar-refractivity contribution in [1.82, 2.24) is 14.2 Å². The molecule has 0 unspecified atom stereocenters. The van der Waals surface area contributed by atoms with Crippen molar-refractivity contribution in [2.24, 2.45) is 5.73 Å². The highest BCUT2D eigenvalue weighted by molar-refractivity contribution is 7.89. The molecule has 0 radical (unpaired) electrons. The molecule has 1 aliphatic heterocycles. The molecular formula is C15H25N5O3S. The number of sulfonamides is 1. The molecule has 0 aromatic carbocycles. The maximum absolute atomic E-state index is 12.4. The van der Waals surface area contributed by atoms with Crippen LogP contribution in [0.2, 0.25) is 0 Å². The number of primary amides is 1. The Morgan fingerprint density at radius 2 is 1.83 bits per heavy atom. The molecule has 24 heavy (non-hydrogen) atoms. The van der Waals surface area contributed by atoms with Gasteiger partial charge in [-0.25, -0.2) is 13.4 Å². The SMILES string of the molecule is CCN(CC)S(=O)(=O)c1ccc(N2CCN(CC(N)=O)CC2)nc1. The molecule has 0 atom stereocenters. The van der Waals surface area contributed by atoms with Crippen LogP contribution in [0.5, 0.6) is 0 Å². The van der Waals surface area contributed by atoms with E-state index in [1.807, 2.05) is 18.7 Å². The number of piperazine rings is 1. The van der Waals surface area contributed by atoms with Gasteiger partial charge in [0, 0.05) is 45.5 Å². The van der Waals surface area contributed by atoms with Gasteiger partial charge in [-0.3, -0.25) is 9.69 Å². The van der Waals surface area contributed by atoms with E-state index < -0.39 is 10.0 Å². The van der Waals surface area contributed by atoms with Gasteiger partial charge in [0.05, 0.1) is 6.54 Å². The van der Waals surface area contributed by atoms with E-state index in [1.54, 1.807) is 12.1 Å². The Bertz CT molecular complexity index is 650. The van der Waals surface area contributed by atoms with Gasteiger partial charge in [0.25, 0.3) is 0 Å². The van der Waals surface area contributed by atoms with Crippen molar-refractivity contribution < 1.29 is 13.2 Å². The summed E-state index contributed by atoms with van der Waals surface area (Å²) in [6.45, 7) is 7.66. The van der Waals surface area contributed by atoms with Gasteiger partial charge in [-0.1, -0.05) is 13.8 Å². The van der Waals surface area contributed by atoms with Crippen molar-refractivity contribution in [2.75, 3.05) is 50.7 Å². The number of carbonyl (C=O) groups is 1. The highest BCUT2D eigenvalue weighted by Gasteiger charge is 2.23.